The van der Waals surface area contributed by atoms with E-state index >= 15 is 0 Å². The molecule has 161 valence electrons. The van der Waals surface area contributed by atoms with Gasteiger partial charge in [-0.15, -0.1) is 0 Å². The van der Waals surface area contributed by atoms with Gasteiger partial charge in [-0.1, -0.05) is 74.1 Å². The fraction of sp³-hybridized carbons (Fsp3) is 0.960. The molecule has 0 aromatic rings. The molecule has 0 spiro atoms. The molecule has 1 heteroatoms. The molecule has 1 radical (unpaired) electrons. The zero-order chi connectivity index (χ0) is 19.1. The van der Waals surface area contributed by atoms with Crippen molar-refractivity contribution in [2.45, 2.75) is 126 Å². The summed E-state index contributed by atoms with van der Waals surface area (Å²) < 4.78 is 0. The van der Waals surface area contributed by atoms with Crippen molar-refractivity contribution in [1.82, 2.24) is 0 Å². The van der Waals surface area contributed by atoms with E-state index in [2.05, 4.69) is 13.3 Å². The Morgan fingerprint density at radius 2 is 0.769 bits per heavy atom. The van der Waals surface area contributed by atoms with Crippen molar-refractivity contribution < 1.29 is 37.0 Å². The van der Waals surface area contributed by atoms with Crippen molar-refractivity contribution in [3.05, 3.63) is 6.42 Å². The van der Waals surface area contributed by atoms with E-state index in [1.165, 1.54) is 38.5 Å². The Morgan fingerprint density at radius 3 is 1.12 bits per heavy atom. The second kappa shape index (κ2) is 19.4. The summed E-state index contributed by atoms with van der Waals surface area (Å²) in [5.41, 5.74) is 0. The minimum Gasteiger partial charge on any atom is -0.328 e. The molecule has 0 atom stereocenters. The molecule has 3 aliphatic rings. The van der Waals surface area contributed by atoms with Crippen LogP contribution in [0.1, 0.15) is 130 Å². The van der Waals surface area contributed by atoms with E-state index in [0.717, 1.165) is 29.6 Å². The van der Waals surface area contributed by atoms with Crippen LogP contribution in [0.4, 0.5) is 0 Å². The van der Waals surface area contributed by atoms with Gasteiger partial charge in [0.2, 0.25) is 0 Å². The first-order valence-electron chi connectivity index (χ1n) is 12.1. The predicted molar refractivity (Wildman–Crippen MR) is 123 cm³/mol. The van der Waals surface area contributed by atoms with Crippen LogP contribution in [0.2, 0.25) is 0 Å². The maximum Gasteiger partial charge on any atom is 0 e. The average molecular weight is 447 g/mol. The van der Waals surface area contributed by atoms with Crippen LogP contribution < -0.4 is 0 Å². The van der Waals surface area contributed by atoms with Crippen molar-refractivity contribution in [3.8, 4) is 0 Å². The Bertz CT molecular complexity index is 267. The molecule has 3 fully saturated rings. The Labute approximate surface area is 197 Å². The quantitative estimate of drug-likeness (QED) is 0.370. The summed E-state index contributed by atoms with van der Waals surface area (Å²) in [6, 6.07) is 0. The van der Waals surface area contributed by atoms with Gasteiger partial charge >= 0.3 is 0 Å². The second-order valence-electron chi connectivity index (χ2n) is 7.90. The maximum atomic E-state index is 2.52. The first-order valence-corrected chi connectivity index (χ1v) is 12.1. The average Bonchev–Trinajstić information content (AvgIpc) is 2.74. The van der Waals surface area contributed by atoms with Crippen LogP contribution in [-0.2, 0) is 32.7 Å². The van der Waals surface area contributed by atoms with E-state index in [4.69, 9.17) is 0 Å². The van der Waals surface area contributed by atoms with E-state index in [0.29, 0.717) is 0 Å². The normalized spacial score (nSPS) is 31.5. The van der Waals surface area contributed by atoms with Crippen LogP contribution in [-0.4, -0.2) is 0 Å². The monoisotopic (exact) mass is 446 g/mol. The molecule has 26 heavy (non-hydrogen) atoms. The van der Waals surface area contributed by atoms with Crippen molar-refractivity contribution >= 4 is 0 Å². The van der Waals surface area contributed by atoms with Crippen LogP contribution >= 0.6 is 0 Å². The predicted octanol–water partition coefficient (Wildman–Crippen LogP) is 9.83. The molecule has 0 bridgehead atoms. The first-order chi connectivity index (χ1) is 12.3. The molecular weight excluding hydrogens is 389 g/mol. The molecule has 3 rings (SSSR count). The largest absolute Gasteiger partial charge is 0.328 e. The van der Waals surface area contributed by atoms with Crippen LogP contribution in [0.25, 0.3) is 0 Å². The summed E-state index contributed by atoms with van der Waals surface area (Å²) in [7, 11) is 0. The van der Waals surface area contributed by atoms with Crippen molar-refractivity contribution in [3.63, 3.8) is 0 Å². The third-order valence-corrected chi connectivity index (χ3v) is 6.69. The summed E-state index contributed by atoms with van der Waals surface area (Å²) >= 11 is 0. The topological polar surface area (TPSA) is 0 Å². The molecule has 3 aliphatic carbocycles. The van der Waals surface area contributed by atoms with Crippen LogP contribution in [0.5, 0.6) is 0 Å². The fourth-order valence-corrected chi connectivity index (χ4v) is 5.27. The molecule has 3 saturated carbocycles. The third-order valence-electron chi connectivity index (χ3n) is 6.69. The van der Waals surface area contributed by atoms with Gasteiger partial charge in [0.25, 0.3) is 0 Å². The van der Waals surface area contributed by atoms with Gasteiger partial charge in [0.15, 0.2) is 0 Å². The zero-order valence-electron chi connectivity index (χ0n) is 19.5. The summed E-state index contributed by atoms with van der Waals surface area (Å²) in [5, 5.41) is 0. The van der Waals surface area contributed by atoms with Gasteiger partial charge in [-0.3, -0.25) is 0 Å². The maximum absolute atomic E-state index is 2.52. The molecule has 0 saturated heterocycles. The van der Waals surface area contributed by atoms with E-state index in [1.807, 2.05) is 41.5 Å². The fourth-order valence-electron chi connectivity index (χ4n) is 5.27. The van der Waals surface area contributed by atoms with Gasteiger partial charge in [0, 0.05) is 37.0 Å². The summed E-state index contributed by atoms with van der Waals surface area (Å²) in [6.45, 7) is 14.5. The molecule has 0 nitrogen and oxygen atoms in total. The number of hydrogen-bond acceptors (Lipinski definition) is 0. The van der Waals surface area contributed by atoms with E-state index in [9.17, 15) is 0 Å². The van der Waals surface area contributed by atoms with E-state index in [-0.39, 0.29) is 37.0 Å². The molecule has 0 heterocycles. The minimum absolute atomic E-state index is 0. The molecule has 0 aromatic heterocycles. The van der Waals surface area contributed by atoms with E-state index in [1.54, 1.807) is 38.5 Å². The van der Waals surface area contributed by atoms with Crippen molar-refractivity contribution in [1.29, 1.82) is 0 Å². The summed E-state index contributed by atoms with van der Waals surface area (Å²) in [6.07, 6.45) is 20.8. The zero-order valence-corrected chi connectivity index (χ0v) is 22.4. The Hall–Kier alpha value is 1.10. The first kappa shape index (κ1) is 29.3. The third kappa shape index (κ3) is 10.6. The minimum atomic E-state index is 0. The second-order valence-corrected chi connectivity index (χ2v) is 7.90. The van der Waals surface area contributed by atoms with Crippen molar-refractivity contribution in [2.75, 3.05) is 0 Å². The molecule has 0 aliphatic heterocycles. The molecule has 0 amide bonds. The van der Waals surface area contributed by atoms with Crippen LogP contribution in [0.15, 0.2) is 0 Å². The van der Waals surface area contributed by atoms with Gasteiger partial charge in [-0.2, -0.15) is 12.8 Å². The van der Waals surface area contributed by atoms with Gasteiger partial charge in [-0.05, 0) is 68.1 Å². The van der Waals surface area contributed by atoms with Crippen LogP contribution in [0.3, 0.4) is 0 Å². The van der Waals surface area contributed by atoms with Gasteiger partial charge in [0.1, 0.15) is 0 Å². The van der Waals surface area contributed by atoms with Gasteiger partial charge in [0.05, 0.1) is 0 Å². The van der Waals surface area contributed by atoms with Gasteiger partial charge < -0.3 is 6.42 Å². The van der Waals surface area contributed by atoms with Gasteiger partial charge in [-0.25, -0.2) is 0 Å². The Kier molecular flexibility index (Phi) is 21.9. The molecule has 0 unspecified atom stereocenters. The Morgan fingerprint density at radius 1 is 0.500 bits per heavy atom. The standard InChI is InChI=1S/C19H33.3C2H6.Y.3H2/c1-15-7-9-17(10-8-15)19-13-11-18(12-14-19)16-5-3-2-4-6-16;3*1-2;;;;/h2,15-19H,3-14H2,1H3;3*1-2H3;;3*1H/q-1;;;;;;;. The smallest absolute Gasteiger partial charge is 0 e. The van der Waals surface area contributed by atoms with E-state index < -0.39 is 0 Å². The summed E-state index contributed by atoms with van der Waals surface area (Å²) in [5.74, 6) is 5.44. The molecular formula is C25H57Y-. The molecule has 0 N–H and O–H groups in total. The molecule has 0 aromatic carbocycles. The SMILES string of the molecule is CC.CC.CC.CC1CCC(C2CCC(C3CC[CH-]CC3)CC2)CC1.[HH].[HH].[HH].[Y]. The van der Waals surface area contributed by atoms with Crippen LogP contribution in [0, 0.1) is 36.0 Å². The summed E-state index contributed by atoms with van der Waals surface area (Å²) in [4.78, 5) is 0. The number of hydrogen-bond donors (Lipinski definition) is 0. The number of rotatable bonds is 2. The van der Waals surface area contributed by atoms with Crippen molar-refractivity contribution in [2.24, 2.45) is 29.6 Å². The Balaban J connectivity index is -0.000000177.